The smallest absolute Gasteiger partial charge is 0.315 e. The first-order valence-electron chi connectivity index (χ1n) is 8.89. The molecule has 2 atom stereocenters. The average molecular weight is 342 g/mol. The zero-order chi connectivity index (χ0) is 17.6. The van der Waals surface area contributed by atoms with Crippen LogP contribution >= 0.6 is 0 Å². The van der Waals surface area contributed by atoms with Gasteiger partial charge in [0.05, 0.1) is 17.5 Å². The van der Waals surface area contributed by atoms with Crippen molar-refractivity contribution in [2.45, 2.75) is 45.3 Å². The van der Waals surface area contributed by atoms with E-state index in [-0.39, 0.29) is 18.2 Å². The lowest BCUT2D eigenvalue weighted by molar-refractivity contribution is 0.111. The summed E-state index contributed by atoms with van der Waals surface area (Å²) in [7, 11) is 0. The fourth-order valence-electron chi connectivity index (χ4n) is 3.14. The first-order valence-corrected chi connectivity index (χ1v) is 8.89. The Labute approximate surface area is 148 Å². The van der Waals surface area contributed by atoms with Gasteiger partial charge in [0.25, 0.3) is 0 Å². The molecule has 25 heavy (non-hydrogen) atoms. The summed E-state index contributed by atoms with van der Waals surface area (Å²) in [4.78, 5) is 12.1. The molecule has 1 aliphatic rings. The Balaban J connectivity index is 1.55. The van der Waals surface area contributed by atoms with Crippen LogP contribution in [0.5, 0.6) is 0 Å². The van der Waals surface area contributed by atoms with Crippen LogP contribution < -0.4 is 10.6 Å². The maximum atomic E-state index is 12.1. The van der Waals surface area contributed by atoms with Gasteiger partial charge in [-0.1, -0.05) is 18.2 Å². The lowest BCUT2D eigenvalue weighted by Crippen LogP contribution is -2.44. The van der Waals surface area contributed by atoms with Crippen LogP contribution in [0.1, 0.15) is 31.2 Å². The minimum absolute atomic E-state index is 0.00283. The van der Waals surface area contributed by atoms with E-state index in [1.807, 2.05) is 48.9 Å². The second-order valence-electron chi connectivity index (χ2n) is 6.62. The SMILES string of the molecule is Cc1cc(C[C@@H](C)NC(=O)NC[C@H]2CCCO2)n(-c2ccccc2)n1. The summed E-state index contributed by atoms with van der Waals surface area (Å²) < 4.78 is 7.46. The van der Waals surface area contributed by atoms with Gasteiger partial charge in [-0.15, -0.1) is 0 Å². The number of carbonyl (C=O) groups excluding carboxylic acids is 1. The molecule has 6 nitrogen and oxygen atoms in total. The van der Waals surface area contributed by atoms with E-state index in [0.29, 0.717) is 13.0 Å². The average Bonchev–Trinajstić information content (AvgIpc) is 3.23. The fourth-order valence-corrected chi connectivity index (χ4v) is 3.14. The van der Waals surface area contributed by atoms with E-state index in [0.717, 1.165) is 36.5 Å². The molecule has 1 aromatic heterocycles. The number of aryl methyl sites for hydroxylation is 1. The second kappa shape index (κ2) is 8.16. The molecule has 134 valence electrons. The molecule has 6 heteroatoms. The molecule has 0 radical (unpaired) electrons. The van der Waals surface area contributed by atoms with Crippen molar-refractivity contribution in [1.82, 2.24) is 20.4 Å². The number of nitrogens with zero attached hydrogens (tertiary/aromatic N) is 2. The number of aromatic nitrogens is 2. The van der Waals surface area contributed by atoms with Crippen LogP contribution in [0.25, 0.3) is 5.69 Å². The molecule has 2 N–H and O–H groups in total. The highest BCUT2D eigenvalue weighted by atomic mass is 16.5. The number of nitrogens with one attached hydrogen (secondary N) is 2. The molecule has 0 spiro atoms. The molecule has 3 rings (SSSR count). The summed E-state index contributed by atoms with van der Waals surface area (Å²) in [5.74, 6) is 0. The third-order valence-electron chi connectivity index (χ3n) is 4.31. The molecule has 1 aromatic carbocycles. The zero-order valence-corrected chi connectivity index (χ0v) is 14.9. The van der Waals surface area contributed by atoms with E-state index < -0.39 is 0 Å². The van der Waals surface area contributed by atoms with Gasteiger partial charge in [0.15, 0.2) is 0 Å². The number of urea groups is 1. The van der Waals surface area contributed by atoms with E-state index in [1.54, 1.807) is 0 Å². The lowest BCUT2D eigenvalue weighted by atomic mass is 10.1. The highest BCUT2D eigenvalue weighted by Gasteiger charge is 2.17. The minimum Gasteiger partial charge on any atom is -0.376 e. The molecule has 2 aromatic rings. The number of amides is 2. The summed E-state index contributed by atoms with van der Waals surface area (Å²) in [5.41, 5.74) is 3.07. The maximum Gasteiger partial charge on any atom is 0.315 e. The van der Waals surface area contributed by atoms with Crippen LogP contribution in [-0.2, 0) is 11.2 Å². The van der Waals surface area contributed by atoms with Gasteiger partial charge in [-0.2, -0.15) is 5.10 Å². The molecular formula is C19H26N4O2. The Morgan fingerprint density at radius 3 is 2.92 bits per heavy atom. The number of hydrogen-bond donors (Lipinski definition) is 2. The molecule has 1 saturated heterocycles. The standard InChI is InChI=1S/C19H26N4O2/c1-14(21-19(24)20-13-18-9-6-10-25-18)11-17-12-15(2)22-23(17)16-7-4-3-5-8-16/h3-5,7-8,12,14,18H,6,9-11,13H2,1-2H3,(H2,20,21,24)/t14-,18-/m1/s1. The van der Waals surface area contributed by atoms with Crippen molar-refractivity contribution >= 4 is 6.03 Å². The van der Waals surface area contributed by atoms with Crippen molar-refractivity contribution in [3.05, 3.63) is 47.8 Å². The van der Waals surface area contributed by atoms with Crippen LogP contribution in [-0.4, -0.2) is 41.1 Å². The van der Waals surface area contributed by atoms with E-state index in [1.165, 1.54) is 0 Å². The quantitative estimate of drug-likeness (QED) is 0.848. The van der Waals surface area contributed by atoms with Crippen LogP contribution in [0, 0.1) is 6.92 Å². The van der Waals surface area contributed by atoms with Crippen molar-refractivity contribution < 1.29 is 9.53 Å². The van der Waals surface area contributed by atoms with Crippen molar-refractivity contribution in [1.29, 1.82) is 0 Å². The monoisotopic (exact) mass is 342 g/mol. The molecule has 2 amide bonds. The van der Waals surface area contributed by atoms with Crippen LogP contribution in [0.4, 0.5) is 4.79 Å². The fraction of sp³-hybridized carbons (Fsp3) is 0.474. The van der Waals surface area contributed by atoms with Crippen molar-refractivity contribution in [2.24, 2.45) is 0 Å². The minimum atomic E-state index is -0.148. The zero-order valence-electron chi connectivity index (χ0n) is 14.9. The number of hydrogen-bond acceptors (Lipinski definition) is 3. The number of benzene rings is 1. The largest absolute Gasteiger partial charge is 0.376 e. The van der Waals surface area contributed by atoms with Gasteiger partial charge in [0, 0.05) is 31.3 Å². The first-order chi connectivity index (χ1) is 12.1. The van der Waals surface area contributed by atoms with Gasteiger partial charge >= 0.3 is 6.03 Å². The molecule has 0 bridgehead atoms. The molecule has 0 unspecified atom stereocenters. The van der Waals surface area contributed by atoms with E-state index >= 15 is 0 Å². The normalized spacial score (nSPS) is 18.1. The third kappa shape index (κ3) is 4.82. The summed E-state index contributed by atoms with van der Waals surface area (Å²) in [6, 6.07) is 12.0. The predicted octanol–water partition coefficient (Wildman–Crippen LogP) is 2.59. The topological polar surface area (TPSA) is 68.2 Å². The molecule has 1 aliphatic heterocycles. The molecular weight excluding hydrogens is 316 g/mol. The Kier molecular flexibility index (Phi) is 5.71. The highest BCUT2D eigenvalue weighted by Crippen LogP contribution is 2.14. The Morgan fingerprint density at radius 2 is 2.20 bits per heavy atom. The number of ether oxygens (including phenoxy) is 1. The number of para-hydroxylation sites is 1. The van der Waals surface area contributed by atoms with Gasteiger partial charge in [-0.25, -0.2) is 9.48 Å². The van der Waals surface area contributed by atoms with Crippen LogP contribution in [0.15, 0.2) is 36.4 Å². The summed E-state index contributed by atoms with van der Waals surface area (Å²) in [6.07, 6.45) is 2.96. The van der Waals surface area contributed by atoms with Crippen molar-refractivity contribution in [3.8, 4) is 5.69 Å². The Morgan fingerprint density at radius 1 is 1.40 bits per heavy atom. The van der Waals surface area contributed by atoms with Gasteiger partial charge in [-0.3, -0.25) is 0 Å². The first kappa shape index (κ1) is 17.5. The Bertz CT molecular complexity index is 693. The highest BCUT2D eigenvalue weighted by molar-refractivity contribution is 5.74. The summed E-state index contributed by atoms with van der Waals surface area (Å²) in [5, 5.41) is 10.5. The molecule has 0 aliphatic carbocycles. The van der Waals surface area contributed by atoms with Crippen molar-refractivity contribution in [3.63, 3.8) is 0 Å². The van der Waals surface area contributed by atoms with E-state index in [4.69, 9.17) is 4.74 Å². The van der Waals surface area contributed by atoms with Crippen molar-refractivity contribution in [2.75, 3.05) is 13.2 Å². The van der Waals surface area contributed by atoms with E-state index in [2.05, 4.69) is 21.8 Å². The summed E-state index contributed by atoms with van der Waals surface area (Å²) >= 11 is 0. The van der Waals surface area contributed by atoms with Crippen LogP contribution in [0.3, 0.4) is 0 Å². The molecule has 2 heterocycles. The summed E-state index contributed by atoms with van der Waals surface area (Å²) in [6.45, 7) is 5.35. The molecule has 0 saturated carbocycles. The van der Waals surface area contributed by atoms with E-state index in [9.17, 15) is 4.79 Å². The van der Waals surface area contributed by atoms with Gasteiger partial charge in [-0.05, 0) is 44.9 Å². The molecule has 1 fully saturated rings. The second-order valence-corrected chi connectivity index (χ2v) is 6.62. The van der Waals surface area contributed by atoms with Crippen LogP contribution in [0.2, 0.25) is 0 Å². The maximum absolute atomic E-state index is 12.1. The number of carbonyl (C=O) groups is 1. The Hall–Kier alpha value is -2.34. The van der Waals surface area contributed by atoms with Gasteiger partial charge < -0.3 is 15.4 Å². The third-order valence-corrected chi connectivity index (χ3v) is 4.31. The predicted molar refractivity (Wildman–Crippen MR) is 97.0 cm³/mol. The van der Waals surface area contributed by atoms with Gasteiger partial charge in [0.1, 0.15) is 0 Å². The number of rotatable bonds is 6. The lowest BCUT2D eigenvalue weighted by Gasteiger charge is -2.17. The van der Waals surface area contributed by atoms with Gasteiger partial charge in [0.2, 0.25) is 0 Å².